The maximum atomic E-state index is 9.79. The molecule has 0 unspecified atom stereocenters. The lowest BCUT2D eigenvalue weighted by molar-refractivity contribution is 0.377. The van der Waals surface area contributed by atoms with Crippen LogP contribution in [0.4, 0.5) is 5.69 Å². The highest BCUT2D eigenvalue weighted by atomic mass is 35.5. The Hall–Kier alpha value is -1.61. The highest BCUT2D eigenvalue weighted by molar-refractivity contribution is 5.98. The van der Waals surface area contributed by atoms with E-state index in [1.807, 2.05) is 24.3 Å². The zero-order chi connectivity index (χ0) is 10.1. The molecule has 0 radical (unpaired) electrons. The smallest absolute Gasteiger partial charge is 0.165 e. The third kappa shape index (κ3) is 1.78. The summed E-state index contributed by atoms with van der Waals surface area (Å²) < 4.78 is 5.00. The fourth-order valence-corrected chi connectivity index (χ4v) is 1.52. The highest BCUT2D eigenvalue weighted by Crippen LogP contribution is 2.37. The quantitative estimate of drug-likeness (QED) is 0.579. The van der Waals surface area contributed by atoms with Crippen molar-refractivity contribution in [3.8, 4) is 11.5 Å². The van der Waals surface area contributed by atoms with Crippen LogP contribution < -0.4 is 10.5 Å². The molecule has 4 heteroatoms. The number of nitrogens with two attached hydrogens (primary N) is 1. The van der Waals surface area contributed by atoms with E-state index in [0.29, 0.717) is 16.8 Å². The molecule has 0 saturated heterocycles. The van der Waals surface area contributed by atoms with Crippen molar-refractivity contribution in [2.75, 3.05) is 12.8 Å². The maximum Gasteiger partial charge on any atom is 0.165 e. The van der Waals surface area contributed by atoms with Crippen molar-refractivity contribution >= 4 is 28.9 Å². The lowest BCUT2D eigenvalue weighted by Gasteiger charge is -2.08. The lowest BCUT2D eigenvalue weighted by Crippen LogP contribution is -1.91. The molecule has 80 valence electrons. The summed E-state index contributed by atoms with van der Waals surface area (Å²) in [4.78, 5) is 0. The summed E-state index contributed by atoms with van der Waals surface area (Å²) in [6, 6.07) is 9.02. The molecule has 0 aliphatic carbocycles. The summed E-state index contributed by atoms with van der Waals surface area (Å²) >= 11 is 0. The van der Waals surface area contributed by atoms with Crippen LogP contribution in [0.5, 0.6) is 11.5 Å². The Kier molecular flexibility index (Phi) is 3.27. The van der Waals surface area contributed by atoms with Crippen molar-refractivity contribution in [2.24, 2.45) is 0 Å². The van der Waals surface area contributed by atoms with Crippen LogP contribution >= 0.6 is 12.4 Å². The Morgan fingerprint density at radius 2 is 1.80 bits per heavy atom. The molecule has 0 aromatic heterocycles. The molecule has 0 aliphatic heterocycles. The number of anilines is 1. The molecule has 0 amide bonds. The first-order chi connectivity index (χ1) is 6.74. The van der Waals surface area contributed by atoms with Crippen LogP contribution in [0.2, 0.25) is 0 Å². The number of nitrogen functional groups attached to an aromatic ring is 1. The average Bonchev–Trinajstić information content (AvgIpc) is 2.23. The van der Waals surface area contributed by atoms with Crippen LogP contribution in [0.25, 0.3) is 10.8 Å². The Labute approximate surface area is 93.9 Å². The molecule has 0 bridgehead atoms. The van der Waals surface area contributed by atoms with Gasteiger partial charge >= 0.3 is 0 Å². The van der Waals surface area contributed by atoms with E-state index < -0.39 is 0 Å². The van der Waals surface area contributed by atoms with E-state index in [0.717, 1.165) is 5.39 Å². The largest absolute Gasteiger partial charge is 0.504 e. The summed E-state index contributed by atoms with van der Waals surface area (Å²) in [5.41, 5.74) is 6.42. The summed E-state index contributed by atoms with van der Waals surface area (Å²) in [5, 5.41) is 11.3. The van der Waals surface area contributed by atoms with Crippen molar-refractivity contribution in [1.82, 2.24) is 0 Å². The van der Waals surface area contributed by atoms with Gasteiger partial charge in [-0.25, -0.2) is 0 Å². The van der Waals surface area contributed by atoms with Gasteiger partial charge in [-0.15, -0.1) is 12.4 Å². The SMILES string of the molecule is COc1cc(N)c2ccccc2c1O.Cl. The van der Waals surface area contributed by atoms with Gasteiger partial charge in [-0.05, 0) is 0 Å². The van der Waals surface area contributed by atoms with Gasteiger partial charge in [0.15, 0.2) is 11.5 Å². The molecule has 15 heavy (non-hydrogen) atoms. The molecule has 0 spiro atoms. The molecule has 2 rings (SSSR count). The topological polar surface area (TPSA) is 55.5 Å². The third-order valence-corrected chi connectivity index (χ3v) is 2.23. The van der Waals surface area contributed by atoms with Crippen LogP contribution in [0.15, 0.2) is 30.3 Å². The van der Waals surface area contributed by atoms with Crippen molar-refractivity contribution < 1.29 is 9.84 Å². The standard InChI is InChI=1S/C11H11NO2.ClH/c1-14-10-6-9(12)7-4-2-3-5-8(7)11(10)13;/h2-6,13H,12H2,1H3;1H. The van der Waals surface area contributed by atoms with Crippen molar-refractivity contribution in [3.63, 3.8) is 0 Å². The number of halogens is 1. The van der Waals surface area contributed by atoms with E-state index >= 15 is 0 Å². The number of phenols is 1. The number of hydrogen-bond acceptors (Lipinski definition) is 3. The molecule has 0 aliphatic rings. The second kappa shape index (κ2) is 4.28. The van der Waals surface area contributed by atoms with Gasteiger partial charge in [0.1, 0.15) is 0 Å². The minimum absolute atomic E-state index is 0. The van der Waals surface area contributed by atoms with Crippen LogP contribution in [0, 0.1) is 0 Å². The second-order valence-corrected chi connectivity index (χ2v) is 3.06. The number of phenolic OH excluding ortho intramolecular Hbond substituents is 1. The normalized spacial score (nSPS) is 9.67. The molecule has 2 aromatic rings. The fraction of sp³-hybridized carbons (Fsp3) is 0.0909. The zero-order valence-electron chi connectivity index (χ0n) is 8.23. The molecule has 3 N–H and O–H groups in total. The number of rotatable bonds is 1. The van der Waals surface area contributed by atoms with Gasteiger partial charge < -0.3 is 15.6 Å². The average molecular weight is 226 g/mol. The van der Waals surface area contributed by atoms with E-state index in [2.05, 4.69) is 0 Å². The summed E-state index contributed by atoms with van der Waals surface area (Å²) in [6.07, 6.45) is 0. The van der Waals surface area contributed by atoms with Crippen LogP contribution in [-0.2, 0) is 0 Å². The van der Waals surface area contributed by atoms with E-state index in [9.17, 15) is 5.11 Å². The molecule has 2 aromatic carbocycles. The number of methoxy groups -OCH3 is 1. The Morgan fingerprint density at radius 3 is 2.40 bits per heavy atom. The van der Waals surface area contributed by atoms with Gasteiger partial charge in [-0.3, -0.25) is 0 Å². The second-order valence-electron chi connectivity index (χ2n) is 3.06. The number of aromatic hydroxyl groups is 1. The first kappa shape index (κ1) is 11.5. The van der Waals surface area contributed by atoms with Crippen LogP contribution in [0.3, 0.4) is 0 Å². The molecular formula is C11H12ClNO2. The third-order valence-electron chi connectivity index (χ3n) is 2.23. The first-order valence-corrected chi connectivity index (χ1v) is 4.28. The predicted molar refractivity (Wildman–Crippen MR) is 63.8 cm³/mol. The van der Waals surface area contributed by atoms with Crippen molar-refractivity contribution in [1.29, 1.82) is 0 Å². The van der Waals surface area contributed by atoms with Gasteiger partial charge in [0.25, 0.3) is 0 Å². The van der Waals surface area contributed by atoms with Crippen LogP contribution in [0.1, 0.15) is 0 Å². The maximum absolute atomic E-state index is 9.79. The van der Waals surface area contributed by atoms with Gasteiger partial charge in [0.2, 0.25) is 0 Å². The van der Waals surface area contributed by atoms with Gasteiger partial charge in [-0.2, -0.15) is 0 Å². The number of benzene rings is 2. The van der Waals surface area contributed by atoms with Crippen LogP contribution in [-0.4, -0.2) is 12.2 Å². The minimum Gasteiger partial charge on any atom is -0.504 e. The molecule has 0 saturated carbocycles. The summed E-state index contributed by atoms with van der Waals surface area (Å²) in [7, 11) is 1.50. The Balaban J connectivity index is 0.00000112. The van der Waals surface area contributed by atoms with E-state index in [4.69, 9.17) is 10.5 Å². The molecule has 3 nitrogen and oxygen atoms in total. The first-order valence-electron chi connectivity index (χ1n) is 4.28. The predicted octanol–water partition coefficient (Wildman–Crippen LogP) is 2.56. The van der Waals surface area contributed by atoms with E-state index in [1.165, 1.54) is 7.11 Å². The monoisotopic (exact) mass is 225 g/mol. The summed E-state index contributed by atoms with van der Waals surface area (Å²) in [6.45, 7) is 0. The molecule has 0 heterocycles. The minimum atomic E-state index is 0. The number of hydrogen-bond donors (Lipinski definition) is 2. The summed E-state index contributed by atoms with van der Waals surface area (Å²) in [5.74, 6) is 0.540. The van der Waals surface area contributed by atoms with E-state index in [-0.39, 0.29) is 18.2 Å². The van der Waals surface area contributed by atoms with Crippen molar-refractivity contribution in [2.45, 2.75) is 0 Å². The van der Waals surface area contributed by atoms with Gasteiger partial charge in [0, 0.05) is 22.5 Å². The Morgan fingerprint density at radius 1 is 1.20 bits per heavy atom. The lowest BCUT2D eigenvalue weighted by atomic mass is 10.1. The molecule has 0 atom stereocenters. The highest BCUT2D eigenvalue weighted by Gasteiger charge is 2.08. The zero-order valence-corrected chi connectivity index (χ0v) is 9.04. The fourth-order valence-electron chi connectivity index (χ4n) is 1.52. The Bertz CT molecular complexity index is 485. The number of fused-ring (bicyclic) bond motifs is 1. The van der Waals surface area contributed by atoms with Gasteiger partial charge in [-0.1, -0.05) is 24.3 Å². The molecule has 0 fully saturated rings. The van der Waals surface area contributed by atoms with Crippen molar-refractivity contribution in [3.05, 3.63) is 30.3 Å². The van der Waals surface area contributed by atoms with E-state index in [1.54, 1.807) is 6.07 Å². The molecular weight excluding hydrogens is 214 g/mol. The number of ether oxygens (including phenoxy) is 1. The van der Waals surface area contributed by atoms with Gasteiger partial charge in [0.05, 0.1) is 7.11 Å².